The van der Waals surface area contributed by atoms with Crippen molar-refractivity contribution in [2.45, 2.75) is 39.1 Å². The molecule has 1 unspecified atom stereocenters. The Hall–Kier alpha value is -4.73. The number of nitrogens with zero attached hydrogens (tertiary/aromatic N) is 1. The van der Waals surface area contributed by atoms with E-state index in [9.17, 15) is 19.2 Å². The number of hydrogen-bond donors (Lipinski definition) is 3. The van der Waals surface area contributed by atoms with E-state index in [2.05, 4.69) is 20.9 Å². The van der Waals surface area contributed by atoms with Crippen molar-refractivity contribution in [2.24, 2.45) is 0 Å². The summed E-state index contributed by atoms with van der Waals surface area (Å²) >= 11 is 0. The molecule has 3 amide bonds. The van der Waals surface area contributed by atoms with Crippen LogP contribution in [0.15, 0.2) is 79.0 Å². The zero-order valence-electron chi connectivity index (χ0n) is 20.7. The summed E-state index contributed by atoms with van der Waals surface area (Å²) < 4.78 is 10.4. The second-order valence-corrected chi connectivity index (χ2v) is 8.86. The standard InChI is InChI=1S/C27H28N4O6/c1-27(2,3)37-26(35)31-23(30-25(34)36-17-18-11-5-4-6-12-18)24(33)29-20-14-8-7-13-19(20)22(32)21-15-9-10-16-28-21/h4-16,23H,17H2,1-3H3,(H,29,33)(H,30,34)(H,31,35). The van der Waals surface area contributed by atoms with Gasteiger partial charge in [-0.3, -0.25) is 25.2 Å². The molecule has 3 rings (SSSR count). The molecular formula is C27H28N4O6. The fourth-order valence-electron chi connectivity index (χ4n) is 3.11. The fraction of sp³-hybridized carbons (Fsp3) is 0.222. The summed E-state index contributed by atoms with van der Waals surface area (Å²) in [6.07, 6.45) is -1.97. The van der Waals surface area contributed by atoms with Gasteiger partial charge in [-0.1, -0.05) is 48.5 Å². The van der Waals surface area contributed by atoms with Crippen LogP contribution in [0.3, 0.4) is 0 Å². The van der Waals surface area contributed by atoms with Gasteiger partial charge in [0.2, 0.25) is 5.78 Å². The molecule has 0 saturated heterocycles. The summed E-state index contributed by atoms with van der Waals surface area (Å²) in [5.74, 6) is -1.24. The molecule has 1 atom stereocenters. The molecule has 37 heavy (non-hydrogen) atoms. The Labute approximate surface area is 214 Å². The number of rotatable bonds is 8. The van der Waals surface area contributed by atoms with Crippen LogP contribution in [0.2, 0.25) is 0 Å². The van der Waals surface area contributed by atoms with Crippen LogP contribution in [0.1, 0.15) is 42.4 Å². The van der Waals surface area contributed by atoms with E-state index < -0.39 is 35.6 Å². The number of carbonyl (C=O) groups excluding carboxylic acids is 4. The van der Waals surface area contributed by atoms with Crippen molar-refractivity contribution in [1.29, 1.82) is 0 Å². The largest absolute Gasteiger partial charge is 0.445 e. The Bertz CT molecular complexity index is 1240. The van der Waals surface area contributed by atoms with Crippen LogP contribution >= 0.6 is 0 Å². The van der Waals surface area contributed by atoms with Gasteiger partial charge in [-0.05, 0) is 50.6 Å². The fourth-order valence-corrected chi connectivity index (χ4v) is 3.11. The van der Waals surface area contributed by atoms with Gasteiger partial charge >= 0.3 is 12.2 Å². The number of hydrogen-bond acceptors (Lipinski definition) is 7. The number of anilines is 1. The van der Waals surface area contributed by atoms with Crippen LogP contribution in [0.4, 0.5) is 15.3 Å². The molecule has 0 spiro atoms. The average molecular weight is 505 g/mol. The molecule has 3 aromatic rings. The van der Waals surface area contributed by atoms with Gasteiger partial charge in [-0.25, -0.2) is 9.59 Å². The highest BCUT2D eigenvalue weighted by molar-refractivity contribution is 6.13. The summed E-state index contributed by atoms with van der Waals surface area (Å²) in [4.78, 5) is 55.0. The lowest BCUT2D eigenvalue weighted by Gasteiger charge is -2.24. The monoisotopic (exact) mass is 504 g/mol. The van der Waals surface area contributed by atoms with Crippen LogP contribution in [0.25, 0.3) is 0 Å². The molecular weight excluding hydrogens is 476 g/mol. The van der Waals surface area contributed by atoms with E-state index in [1.807, 2.05) is 6.07 Å². The first-order valence-electron chi connectivity index (χ1n) is 11.4. The molecule has 0 saturated carbocycles. The first-order chi connectivity index (χ1) is 17.6. The number of pyridine rings is 1. The third-order valence-electron chi connectivity index (χ3n) is 4.73. The Balaban J connectivity index is 1.76. The Morgan fingerprint density at radius 3 is 2.16 bits per heavy atom. The Morgan fingerprint density at radius 1 is 0.838 bits per heavy atom. The molecule has 0 aliphatic heterocycles. The van der Waals surface area contributed by atoms with Gasteiger partial charge in [0, 0.05) is 11.8 Å². The molecule has 1 aromatic heterocycles. The van der Waals surface area contributed by atoms with Crippen LogP contribution in [-0.4, -0.2) is 40.6 Å². The SMILES string of the molecule is CC(C)(C)OC(=O)NC(NC(=O)OCc1ccccc1)C(=O)Nc1ccccc1C(=O)c1ccccn1. The van der Waals surface area contributed by atoms with E-state index in [0.29, 0.717) is 0 Å². The maximum Gasteiger partial charge on any atom is 0.409 e. The lowest BCUT2D eigenvalue weighted by molar-refractivity contribution is -0.118. The smallest absolute Gasteiger partial charge is 0.409 e. The molecule has 0 fully saturated rings. The quantitative estimate of drug-likeness (QED) is 0.311. The third-order valence-corrected chi connectivity index (χ3v) is 4.73. The minimum atomic E-state index is -1.57. The van der Waals surface area contributed by atoms with Crippen LogP contribution in [-0.2, 0) is 20.9 Å². The van der Waals surface area contributed by atoms with Crippen molar-refractivity contribution >= 4 is 29.6 Å². The highest BCUT2D eigenvalue weighted by Gasteiger charge is 2.27. The highest BCUT2D eigenvalue weighted by atomic mass is 16.6. The summed E-state index contributed by atoms with van der Waals surface area (Å²) in [6, 6.07) is 20.2. The van der Waals surface area contributed by atoms with Crippen molar-refractivity contribution in [3.63, 3.8) is 0 Å². The van der Waals surface area contributed by atoms with Gasteiger partial charge in [0.1, 0.15) is 17.9 Å². The van der Waals surface area contributed by atoms with E-state index in [-0.39, 0.29) is 23.6 Å². The molecule has 192 valence electrons. The van der Waals surface area contributed by atoms with Crippen molar-refractivity contribution in [2.75, 3.05) is 5.32 Å². The Kier molecular flexibility index (Phi) is 8.93. The second-order valence-electron chi connectivity index (χ2n) is 8.86. The molecule has 0 aliphatic carbocycles. The number of ketones is 1. The minimum Gasteiger partial charge on any atom is -0.445 e. The van der Waals surface area contributed by atoms with E-state index in [1.165, 1.54) is 18.3 Å². The number of nitrogens with one attached hydrogen (secondary N) is 3. The van der Waals surface area contributed by atoms with Crippen molar-refractivity contribution in [1.82, 2.24) is 15.6 Å². The summed E-state index contributed by atoms with van der Waals surface area (Å²) in [5, 5.41) is 7.22. The number of aromatic nitrogens is 1. The number of amides is 3. The molecule has 1 heterocycles. The number of para-hydroxylation sites is 1. The summed E-state index contributed by atoms with van der Waals surface area (Å²) in [7, 11) is 0. The van der Waals surface area contributed by atoms with Gasteiger partial charge in [0.25, 0.3) is 5.91 Å². The first-order valence-corrected chi connectivity index (χ1v) is 11.4. The van der Waals surface area contributed by atoms with Crippen LogP contribution in [0.5, 0.6) is 0 Å². The number of benzene rings is 2. The number of alkyl carbamates (subject to hydrolysis) is 2. The van der Waals surface area contributed by atoms with E-state index >= 15 is 0 Å². The topological polar surface area (TPSA) is 136 Å². The van der Waals surface area contributed by atoms with Gasteiger partial charge in [0.15, 0.2) is 6.17 Å². The lowest BCUT2D eigenvalue weighted by atomic mass is 10.1. The average Bonchev–Trinajstić information content (AvgIpc) is 2.87. The molecule has 2 aromatic carbocycles. The number of ether oxygens (including phenoxy) is 2. The van der Waals surface area contributed by atoms with Crippen molar-refractivity contribution < 1.29 is 28.7 Å². The van der Waals surface area contributed by atoms with Gasteiger partial charge in [-0.15, -0.1) is 0 Å². The van der Waals surface area contributed by atoms with Gasteiger partial charge in [0.05, 0.1) is 5.69 Å². The molecule has 10 heteroatoms. The second kappa shape index (κ2) is 12.3. The van der Waals surface area contributed by atoms with Crippen LogP contribution < -0.4 is 16.0 Å². The lowest BCUT2D eigenvalue weighted by Crippen LogP contribution is -2.55. The molecule has 3 N–H and O–H groups in total. The molecule has 0 bridgehead atoms. The zero-order valence-corrected chi connectivity index (χ0v) is 20.7. The molecule has 0 radical (unpaired) electrons. The van der Waals surface area contributed by atoms with Gasteiger partial charge in [-0.2, -0.15) is 0 Å². The van der Waals surface area contributed by atoms with Crippen LogP contribution in [0, 0.1) is 0 Å². The maximum atomic E-state index is 13.2. The third kappa shape index (κ3) is 8.46. The first kappa shape index (κ1) is 26.9. The number of carbonyl (C=O) groups is 4. The normalized spacial score (nSPS) is 11.5. The predicted octanol–water partition coefficient (Wildman–Crippen LogP) is 4.03. The minimum absolute atomic E-state index is 0.0468. The maximum absolute atomic E-state index is 13.2. The zero-order chi connectivity index (χ0) is 26.8. The van der Waals surface area contributed by atoms with Crippen molar-refractivity contribution in [3.05, 3.63) is 95.8 Å². The summed E-state index contributed by atoms with van der Waals surface area (Å²) in [6.45, 7) is 4.92. The highest BCUT2D eigenvalue weighted by Crippen LogP contribution is 2.19. The van der Waals surface area contributed by atoms with Crippen molar-refractivity contribution in [3.8, 4) is 0 Å². The molecule has 0 aliphatic rings. The van der Waals surface area contributed by atoms with E-state index in [0.717, 1.165) is 5.56 Å². The van der Waals surface area contributed by atoms with E-state index in [1.54, 1.807) is 75.4 Å². The van der Waals surface area contributed by atoms with E-state index in [4.69, 9.17) is 9.47 Å². The predicted molar refractivity (Wildman–Crippen MR) is 136 cm³/mol. The Morgan fingerprint density at radius 2 is 1.49 bits per heavy atom. The van der Waals surface area contributed by atoms with Gasteiger partial charge < -0.3 is 14.8 Å². The molecule has 10 nitrogen and oxygen atoms in total. The summed E-state index contributed by atoms with van der Waals surface area (Å²) in [5.41, 5.74) is 0.424.